The molecule has 1 rings (SSSR count). The van der Waals surface area contributed by atoms with E-state index in [0.717, 1.165) is 12.5 Å². The Bertz CT molecular complexity index is 220. The third kappa shape index (κ3) is 7.91. The summed E-state index contributed by atoms with van der Waals surface area (Å²) in [5, 5.41) is 3.56. The molecule has 0 radical (unpaired) electrons. The monoisotopic (exact) mass is 269 g/mol. The molecule has 0 aromatic heterocycles. The van der Waals surface area contributed by atoms with Crippen molar-refractivity contribution in [3.63, 3.8) is 0 Å². The van der Waals surface area contributed by atoms with Crippen molar-refractivity contribution in [3.8, 4) is 0 Å². The summed E-state index contributed by atoms with van der Waals surface area (Å²) in [6.07, 6.45) is 6.64. The summed E-state index contributed by atoms with van der Waals surface area (Å²) >= 11 is 0. The molecule has 3 nitrogen and oxygen atoms in total. The lowest BCUT2D eigenvalue weighted by atomic mass is 10.1. The van der Waals surface area contributed by atoms with Crippen molar-refractivity contribution >= 4 is 0 Å². The summed E-state index contributed by atoms with van der Waals surface area (Å²) in [4.78, 5) is 4.99. The van der Waals surface area contributed by atoms with Crippen molar-refractivity contribution < 1.29 is 0 Å². The fourth-order valence-corrected chi connectivity index (χ4v) is 3.03. The number of rotatable bonds is 10. The molecule has 1 N–H and O–H groups in total. The Morgan fingerprint density at radius 3 is 2.79 bits per heavy atom. The predicted octanol–water partition coefficient (Wildman–Crippen LogP) is 2.43. The number of nitrogens with zero attached hydrogens (tertiary/aromatic N) is 2. The van der Waals surface area contributed by atoms with Crippen LogP contribution in [-0.2, 0) is 0 Å². The Hall–Kier alpha value is -0.120. The highest BCUT2D eigenvalue weighted by atomic mass is 15.1. The van der Waals surface area contributed by atoms with Gasteiger partial charge in [0.25, 0.3) is 0 Å². The number of hydrogen-bond acceptors (Lipinski definition) is 3. The van der Waals surface area contributed by atoms with Crippen molar-refractivity contribution in [1.82, 2.24) is 15.1 Å². The fraction of sp³-hybridized carbons (Fsp3) is 1.00. The van der Waals surface area contributed by atoms with Crippen molar-refractivity contribution in [2.45, 2.75) is 52.0 Å². The van der Waals surface area contributed by atoms with Crippen molar-refractivity contribution in [2.24, 2.45) is 5.92 Å². The van der Waals surface area contributed by atoms with Crippen LogP contribution in [0.3, 0.4) is 0 Å². The maximum atomic E-state index is 3.56. The van der Waals surface area contributed by atoms with Crippen LogP contribution in [-0.4, -0.2) is 62.7 Å². The molecule has 114 valence electrons. The van der Waals surface area contributed by atoms with Gasteiger partial charge in [-0.15, -0.1) is 0 Å². The topological polar surface area (TPSA) is 18.5 Å². The molecule has 0 bridgehead atoms. The second-order valence-corrected chi connectivity index (χ2v) is 6.53. The van der Waals surface area contributed by atoms with Crippen LogP contribution in [0.25, 0.3) is 0 Å². The number of nitrogens with one attached hydrogen (secondary N) is 1. The number of likely N-dealkylation sites (tertiary alicyclic amines) is 1. The molecule has 2 unspecified atom stereocenters. The van der Waals surface area contributed by atoms with E-state index in [-0.39, 0.29) is 0 Å². The summed E-state index contributed by atoms with van der Waals surface area (Å²) in [5.74, 6) is 0.903. The van der Waals surface area contributed by atoms with Gasteiger partial charge in [-0.3, -0.25) is 0 Å². The van der Waals surface area contributed by atoms with Crippen molar-refractivity contribution in [2.75, 3.05) is 46.8 Å². The summed E-state index contributed by atoms with van der Waals surface area (Å²) < 4.78 is 0. The van der Waals surface area contributed by atoms with E-state index in [0.29, 0.717) is 6.04 Å². The van der Waals surface area contributed by atoms with Crippen LogP contribution >= 0.6 is 0 Å². The Morgan fingerprint density at radius 2 is 2.16 bits per heavy atom. The van der Waals surface area contributed by atoms with Crippen LogP contribution in [0.2, 0.25) is 0 Å². The van der Waals surface area contributed by atoms with E-state index in [4.69, 9.17) is 0 Å². The summed E-state index contributed by atoms with van der Waals surface area (Å²) in [6, 6.07) is 0.689. The summed E-state index contributed by atoms with van der Waals surface area (Å²) in [6.45, 7) is 10.8. The predicted molar refractivity (Wildman–Crippen MR) is 84.7 cm³/mol. The second kappa shape index (κ2) is 9.73. The SMILES string of the molecule is CCCNC(C)CCCCN(C)CC1CCN(C)C1. The van der Waals surface area contributed by atoms with Gasteiger partial charge in [0.15, 0.2) is 0 Å². The van der Waals surface area contributed by atoms with Crippen LogP contribution in [0.1, 0.15) is 46.0 Å². The molecule has 2 atom stereocenters. The van der Waals surface area contributed by atoms with Gasteiger partial charge in [-0.1, -0.05) is 13.3 Å². The molecule has 1 saturated heterocycles. The van der Waals surface area contributed by atoms with Gasteiger partial charge in [0, 0.05) is 19.1 Å². The lowest BCUT2D eigenvalue weighted by Crippen LogP contribution is -2.29. The van der Waals surface area contributed by atoms with E-state index < -0.39 is 0 Å². The normalized spacial score (nSPS) is 22.3. The van der Waals surface area contributed by atoms with Gasteiger partial charge in [-0.05, 0) is 72.3 Å². The largest absolute Gasteiger partial charge is 0.314 e. The highest BCUT2D eigenvalue weighted by molar-refractivity contribution is 4.75. The maximum absolute atomic E-state index is 3.56. The van der Waals surface area contributed by atoms with Crippen LogP contribution in [0.5, 0.6) is 0 Å². The van der Waals surface area contributed by atoms with E-state index in [2.05, 4.69) is 43.1 Å². The molecule has 0 aromatic rings. The molecule has 0 spiro atoms. The summed E-state index contributed by atoms with van der Waals surface area (Å²) in [5.41, 5.74) is 0. The quantitative estimate of drug-likeness (QED) is 0.615. The van der Waals surface area contributed by atoms with E-state index in [1.807, 2.05) is 0 Å². The first-order valence-electron chi connectivity index (χ1n) is 8.22. The zero-order valence-corrected chi connectivity index (χ0v) is 13.6. The van der Waals surface area contributed by atoms with Crippen LogP contribution < -0.4 is 5.32 Å². The Balaban J connectivity index is 1.96. The number of hydrogen-bond donors (Lipinski definition) is 1. The minimum Gasteiger partial charge on any atom is -0.314 e. The summed E-state index contributed by atoms with van der Waals surface area (Å²) in [7, 11) is 4.53. The van der Waals surface area contributed by atoms with Crippen LogP contribution in [0.4, 0.5) is 0 Å². The first-order valence-corrected chi connectivity index (χ1v) is 8.22. The van der Waals surface area contributed by atoms with Gasteiger partial charge in [0.05, 0.1) is 0 Å². The molecular weight excluding hydrogens is 234 g/mol. The minimum absolute atomic E-state index is 0.689. The minimum atomic E-state index is 0.689. The van der Waals surface area contributed by atoms with E-state index >= 15 is 0 Å². The maximum Gasteiger partial charge on any atom is 0.00387 e. The van der Waals surface area contributed by atoms with Gasteiger partial charge in [-0.25, -0.2) is 0 Å². The van der Waals surface area contributed by atoms with E-state index in [1.165, 1.54) is 58.3 Å². The Kier molecular flexibility index (Phi) is 8.67. The van der Waals surface area contributed by atoms with Gasteiger partial charge in [0.1, 0.15) is 0 Å². The molecule has 0 saturated carbocycles. The van der Waals surface area contributed by atoms with Gasteiger partial charge in [0.2, 0.25) is 0 Å². The molecule has 1 aliphatic rings. The smallest absolute Gasteiger partial charge is 0.00387 e. The highest BCUT2D eigenvalue weighted by Crippen LogP contribution is 2.15. The van der Waals surface area contributed by atoms with Gasteiger partial charge >= 0.3 is 0 Å². The van der Waals surface area contributed by atoms with Crippen LogP contribution in [0.15, 0.2) is 0 Å². The molecule has 3 heteroatoms. The third-order valence-corrected chi connectivity index (χ3v) is 4.23. The average molecular weight is 269 g/mol. The first-order chi connectivity index (χ1) is 9.11. The van der Waals surface area contributed by atoms with Crippen LogP contribution in [0, 0.1) is 5.92 Å². The lowest BCUT2D eigenvalue weighted by molar-refractivity contribution is 0.267. The molecule has 0 amide bonds. The molecule has 0 aromatic carbocycles. The lowest BCUT2D eigenvalue weighted by Gasteiger charge is -2.21. The molecular formula is C16H35N3. The highest BCUT2D eigenvalue weighted by Gasteiger charge is 2.20. The molecule has 1 aliphatic heterocycles. The van der Waals surface area contributed by atoms with Gasteiger partial charge < -0.3 is 15.1 Å². The van der Waals surface area contributed by atoms with E-state index in [1.54, 1.807) is 0 Å². The average Bonchev–Trinajstić information content (AvgIpc) is 2.77. The number of unbranched alkanes of at least 4 members (excludes halogenated alkanes) is 1. The van der Waals surface area contributed by atoms with Crippen molar-refractivity contribution in [3.05, 3.63) is 0 Å². The third-order valence-electron chi connectivity index (χ3n) is 4.23. The van der Waals surface area contributed by atoms with E-state index in [9.17, 15) is 0 Å². The molecule has 1 fully saturated rings. The Morgan fingerprint density at radius 1 is 1.37 bits per heavy atom. The molecule has 1 heterocycles. The molecule has 0 aliphatic carbocycles. The Labute approximate surface area is 120 Å². The van der Waals surface area contributed by atoms with Crippen molar-refractivity contribution in [1.29, 1.82) is 0 Å². The molecule has 19 heavy (non-hydrogen) atoms. The standard InChI is InChI=1S/C16H35N3/c1-5-10-17-15(2)8-6-7-11-18(3)13-16-9-12-19(4)14-16/h15-17H,5-14H2,1-4H3. The van der Waals surface area contributed by atoms with Gasteiger partial charge in [-0.2, -0.15) is 0 Å². The zero-order chi connectivity index (χ0) is 14.1. The second-order valence-electron chi connectivity index (χ2n) is 6.53. The zero-order valence-electron chi connectivity index (χ0n) is 13.6. The fourth-order valence-electron chi connectivity index (χ4n) is 3.03. The first kappa shape index (κ1) is 16.9.